The molecule has 2 heterocycles. The maximum atomic E-state index is 13.3. The number of fused-ring (bicyclic) bond motifs is 1. The number of nitrogens with zero attached hydrogens (tertiary/aromatic N) is 2. The summed E-state index contributed by atoms with van der Waals surface area (Å²) >= 11 is 5.93. The highest BCUT2D eigenvalue weighted by Crippen LogP contribution is 2.34. The van der Waals surface area contributed by atoms with E-state index in [4.69, 9.17) is 11.6 Å². The van der Waals surface area contributed by atoms with E-state index in [1.54, 1.807) is 6.07 Å². The van der Waals surface area contributed by atoms with Gasteiger partial charge in [0.2, 0.25) is 0 Å². The van der Waals surface area contributed by atoms with Crippen LogP contribution in [0.3, 0.4) is 0 Å². The van der Waals surface area contributed by atoms with Gasteiger partial charge in [-0.15, -0.1) is 0 Å². The molecule has 1 aliphatic heterocycles. The largest absolute Gasteiger partial charge is 0.267 e. The van der Waals surface area contributed by atoms with Gasteiger partial charge in [0.05, 0.1) is 10.7 Å². The van der Waals surface area contributed by atoms with Crippen LogP contribution < -0.4 is 4.31 Å². The van der Waals surface area contributed by atoms with Gasteiger partial charge < -0.3 is 0 Å². The van der Waals surface area contributed by atoms with Crippen molar-refractivity contribution in [3.63, 3.8) is 0 Å². The lowest BCUT2D eigenvalue weighted by atomic mass is 10.2. The zero-order valence-corrected chi connectivity index (χ0v) is 11.8. The third kappa shape index (κ3) is 2.05. The second kappa shape index (κ2) is 4.71. The van der Waals surface area contributed by atoms with Crippen molar-refractivity contribution in [3.05, 3.63) is 53.1 Å². The van der Waals surface area contributed by atoms with Crippen molar-refractivity contribution in [2.45, 2.75) is 11.3 Å². The van der Waals surface area contributed by atoms with Crippen molar-refractivity contribution in [1.82, 2.24) is 4.98 Å². The van der Waals surface area contributed by atoms with Gasteiger partial charge in [0.1, 0.15) is 10.7 Å². The van der Waals surface area contributed by atoms with Crippen molar-refractivity contribution < 1.29 is 12.8 Å². The molecule has 0 radical (unpaired) electrons. The molecule has 0 N–H and O–H groups in total. The van der Waals surface area contributed by atoms with Crippen LogP contribution in [0.1, 0.15) is 5.56 Å². The molecule has 3 rings (SSSR count). The number of halogens is 2. The maximum Gasteiger partial charge on any atom is 0.267 e. The molecule has 0 unspecified atom stereocenters. The Morgan fingerprint density at radius 3 is 2.85 bits per heavy atom. The predicted octanol–water partition coefficient (Wildman–Crippen LogP) is 2.63. The number of benzene rings is 1. The van der Waals surface area contributed by atoms with Crippen LogP contribution in [-0.4, -0.2) is 19.9 Å². The van der Waals surface area contributed by atoms with E-state index in [0.29, 0.717) is 12.1 Å². The minimum Gasteiger partial charge on any atom is -0.266 e. The summed E-state index contributed by atoms with van der Waals surface area (Å²) in [6.07, 6.45) is 3.17. The van der Waals surface area contributed by atoms with E-state index in [0.717, 1.165) is 5.56 Å². The van der Waals surface area contributed by atoms with Crippen LogP contribution in [0.5, 0.6) is 0 Å². The fraction of sp³-hybridized carbons (Fsp3) is 0.154. The van der Waals surface area contributed by atoms with Crippen LogP contribution in [0.4, 0.5) is 10.1 Å². The van der Waals surface area contributed by atoms with E-state index in [9.17, 15) is 12.8 Å². The van der Waals surface area contributed by atoms with Crippen LogP contribution >= 0.6 is 11.6 Å². The Labute approximate surface area is 120 Å². The Bertz CT molecular complexity index is 780. The van der Waals surface area contributed by atoms with Crippen LogP contribution in [0, 0.1) is 5.82 Å². The molecule has 104 valence electrons. The Hall–Kier alpha value is -1.66. The monoisotopic (exact) mass is 312 g/mol. The SMILES string of the molecule is O=S(=O)(c1cnccc1Cl)N1CCc2ccc(F)cc21. The molecule has 2 aromatic rings. The first kappa shape index (κ1) is 13.3. The number of pyridine rings is 1. The zero-order chi connectivity index (χ0) is 14.3. The summed E-state index contributed by atoms with van der Waals surface area (Å²) in [6.45, 7) is 0.270. The van der Waals surface area contributed by atoms with Crippen molar-refractivity contribution in [3.8, 4) is 0 Å². The van der Waals surface area contributed by atoms with Gasteiger partial charge >= 0.3 is 0 Å². The minimum absolute atomic E-state index is 0.0706. The molecule has 7 heteroatoms. The molecule has 0 bridgehead atoms. The van der Waals surface area contributed by atoms with Gasteiger partial charge in [0, 0.05) is 18.9 Å². The maximum absolute atomic E-state index is 13.3. The second-order valence-corrected chi connectivity index (χ2v) is 6.64. The molecule has 20 heavy (non-hydrogen) atoms. The summed E-state index contributed by atoms with van der Waals surface area (Å²) in [5.74, 6) is -0.469. The third-order valence-corrected chi connectivity index (χ3v) is 5.48. The topological polar surface area (TPSA) is 50.3 Å². The Balaban J connectivity index is 2.12. The highest BCUT2D eigenvalue weighted by molar-refractivity contribution is 7.93. The van der Waals surface area contributed by atoms with Crippen molar-refractivity contribution in [2.24, 2.45) is 0 Å². The smallest absolute Gasteiger partial charge is 0.266 e. The summed E-state index contributed by atoms with van der Waals surface area (Å²) < 4.78 is 39.7. The van der Waals surface area contributed by atoms with Gasteiger partial charge in [-0.3, -0.25) is 9.29 Å². The molecule has 0 atom stereocenters. The fourth-order valence-corrected chi connectivity index (χ4v) is 4.15. The van der Waals surface area contributed by atoms with Gasteiger partial charge in [0.15, 0.2) is 0 Å². The molecule has 0 spiro atoms. The van der Waals surface area contributed by atoms with Crippen molar-refractivity contribution >= 4 is 27.3 Å². The first-order chi connectivity index (χ1) is 9.50. The first-order valence-electron chi connectivity index (χ1n) is 5.91. The lowest BCUT2D eigenvalue weighted by molar-refractivity contribution is 0.591. The van der Waals surface area contributed by atoms with E-state index in [1.165, 1.54) is 34.9 Å². The summed E-state index contributed by atoms with van der Waals surface area (Å²) in [5.41, 5.74) is 1.17. The zero-order valence-electron chi connectivity index (χ0n) is 10.3. The molecule has 4 nitrogen and oxygen atoms in total. The van der Waals surface area contributed by atoms with E-state index >= 15 is 0 Å². The lowest BCUT2D eigenvalue weighted by Crippen LogP contribution is -2.29. The molecule has 0 fully saturated rings. The molecular weight excluding hydrogens is 303 g/mol. The standard InChI is InChI=1S/C13H10ClFN2O2S/c14-11-3-5-16-8-13(11)20(18,19)17-6-4-9-1-2-10(15)7-12(9)17/h1-3,5,7-8H,4,6H2. The van der Waals surface area contributed by atoms with Crippen LogP contribution in [0.15, 0.2) is 41.6 Å². The fourth-order valence-electron chi connectivity index (χ4n) is 2.24. The number of hydrogen-bond acceptors (Lipinski definition) is 3. The van der Waals surface area contributed by atoms with Crippen LogP contribution in [-0.2, 0) is 16.4 Å². The van der Waals surface area contributed by atoms with E-state index in [2.05, 4.69) is 4.98 Å². The first-order valence-corrected chi connectivity index (χ1v) is 7.72. The normalized spacial score (nSPS) is 14.4. The van der Waals surface area contributed by atoms with E-state index in [-0.39, 0.29) is 16.5 Å². The number of hydrogen-bond donors (Lipinski definition) is 0. The Morgan fingerprint density at radius 1 is 1.30 bits per heavy atom. The summed E-state index contributed by atoms with van der Waals surface area (Å²) in [5, 5.41) is 0.102. The van der Waals surface area contributed by atoms with Crippen molar-refractivity contribution in [2.75, 3.05) is 10.8 Å². The van der Waals surface area contributed by atoms with Gasteiger partial charge in [-0.1, -0.05) is 17.7 Å². The molecule has 0 saturated heterocycles. The lowest BCUT2D eigenvalue weighted by Gasteiger charge is -2.19. The average molecular weight is 313 g/mol. The number of sulfonamides is 1. The molecule has 0 aliphatic carbocycles. The van der Waals surface area contributed by atoms with Gasteiger partial charge in [-0.05, 0) is 30.2 Å². The van der Waals surface area contributed by atoms with Crippen molar-refractivity contribution in [1.29, 1.82) is 0 Å². The van der Waals surface area contributed by atoms with Gasteiger partial charge in [-0.25, -0.2) is 12.8 Å². The molecule has 1 aromatic heterocycles. The molecule has 0 amide bonds. The summed E-state index contributed by atoms with van der Waals surface area (Å²) in [4.78, 5) is 3.72. The quantitative estimate of drug-likeness (QED) is 0.856. The molecule has 1 aliphatic rings. The summed E-state index contributed by atoms with van der Waals surface area (Å²) in [6, 6.07) is 5.57. The molecular formula is C13H10ClFN2O2S. The van der Waals surface area contributed by atoms with E-state index in [1.807, 2.05) is 0 Å². The number of rotatable bonds is 2. The van der Waals surface area contributed by atoms with Crippen LogP contribution in [0.25, 0.3) is 0 Å². The second-order valence-electron chi connectivity index (χ2n) is 4.41. The highest BCUT2D eigenvalue weighted by atomic mass is 35.5. The number of anilines is 1. The third-order valence-electron chi connectivity index (χ3n) is 3.20. The van der Waals surface area contributed by atoms with E-state index < -0.39 is 15.8 Å². The Kier molecular flexibility index (Phi) is 3.14. The number of aromatic nitrogens is 1. The van der Waals surface area contributed by atoms with Gasteiger partial charge in [0.25, 0.3) is 10.0 Å². The average Bonchev–Trinajstić information content (AvgIpc) is 2.82. The molecule has 0 saturated carbocycles. The Morgan fingerprint density at radius 2 is 2.10 bits per heavy atom. The molecule has 1 aromatic carbocycles. The predicted molar refractivity (Wildman–Crippen MR) is 73.9 cm³/mol. The van der Waals surface area contributed by atoms with Crippen LogP contribution in [0.2, 0.25) is 5.02 Å². The van der Waals surface area contributed by atoms with Gasteiger partial charge in [-0.2, -0.15) is 0 Å². The summed E-state index contributed by atoms with van der Waals surface area (Å²) in [7, 11) is -3.83. The minimum atomic E-state index is -3.83. The highest BCUT2D eigenvalue weighted by Gasteiger charge is 2.32.